The van der Waals surface area contributed by atoms with Gasteiger partial charge in [0.2, 0.25) is 0 Å². The topological polar surface area (TPSA) is 64.3 Å². The fourth-order valence-electron chi connectivity index (χ4n) is 1.46. The van der Waals surface area contributed by atoms with E-state index in [1.807, 2.05) is 6.92 Å². The van der Waals surface area contributed by atoms with Crippen LogP contribution in [0.2, 0.25) is 10.0 Å². The number of aryl methyl sites for hydroxylation is 1. The molecule has 0 atom stereocenters. The lowest BCUT2D eigenvalue weighted by Gasteiger charge is -2.07. The Balaban J connectivity index is 2.08. The lowest BCUT2D eigenvalue weighted by Crippen LogP contribution is -2.07. The fraction of sp³-hybridized carbons (Fsp3) is 0.167. The Labute approximate surface area is 119 Å². The number of carboxylic acid groups (broad SMARTS) is 1. The maximum atomic E-state index is 10.8. The van der Waals surface area contributed by atoms with Gasteiger partial charge in [0.05, 0.1) is 5.02 Å². The van der Waals surface area contributed by atoms with Crippen LogP contribution in [0.15, 0.2) is 24.4 Å². The summed E-state index contributed by atoms with van der Waals surface area (Å²) < 4.78 is 6.78. The molecular formula is C12H10Cl2N2O3. The number of benzene rings is 1. The number of halogens is 2. The highest BCUT2D eigenvalue weighted by Crippen LogP contribution is 2.21. The van der Waals surface area contributed by atoms with Gasteiger partial charge >= 0.3 is 5.97 Å². The lowest BCUT2D eigenvalue weighted by molar-refractivity contribution is 0.0688. The van der Waals surface area contributed by atoms with Crippen LogP contribution in [0.4, 0.5) is 0 Å². The Kier molecular flexibility index (Phi) is 3.97. The van der Waals surface area contributed by atoms with Crippen LogP contribution in [0, 0.1) is 6.92 Å². The summed E-state index contributed by atoms with van der Waals surface area (Å²) in [5.41, 5.74) is 0.696. The summed E-state index contributed by atoms with van der Waals surface area (Å²) in [7, 11) is 0. The Morgan fingerprint density at radius 1 is 1.42 bits per heavy atom. The normalized spacial score (nSPS) is 10.5. The van der Waals surface area contributed by atoms with E-state index in [4.69, 9.17) is 33.0 Å². The quantitative estimate of drug-likeness (QED) is 0.941. The summed E-state index contributed by atoms with van der Waals surface area (Å²) in [5, 5.41) is 13.3. The number of aromatic carboxylic acids is 1. The lowest BCUT2D eigenvalue weighted by atomic mass is 10.2. The van der Waals surface area contributed by atoms with Crippen LogP contribution in [-0.2, 0) is 6.73 Å². The molecule has 1 aromatic carbocycles. The first-order valence-corrected chi connectivity index (χ1v) is 6.08. The average molecular weight is 301 g/mol. The molecule has 2 rings (SSSR count). The zero-order chi connectivity index (χ0) is 14.0. The van der Waals surface area contributed by atoms with Gasteiger partial charge in [-0.05, 0) is 30.7 Å². The Morgan fingerprint density at radius 3 is 2.74 bits per heavy atom. The van der Waals surface area contributed by atoms with Crippen molar-refractivity contribution in [3.63, 3.8) is 0 Å². The van der Waals surface area contributed by atoms with E-state index >= 15 is 0 Å². The highest BCUT2D eigenvalue weighted by Gasteiger charge is 2.14. The second-order valence-corrected chi connectivity index (χ2v) is 4.67. The van der Waals surface area contributed by atoms with Crippen LogP contribution in [0.1, 0.15) is 16.1 Å². The standard InChI is InChI=1S/C12H10Cl2N2O3/c1-7-4-8(2-3-9(7)13)19-6-16-5-10(14)11(15-16)12(17)18/h2-5H,6H2,1H3,(H,17,18). The number of hydrogen-bond acceptors (Lipinski definition) is 3. The number of rotatable bonds is 4. The van der Waals surface area contributed by atoms with Crippen molar-refractivity contribution in [3.05, 3.63) is 45.7 Å². The zero-order valence-electron chi connectivity index (χ0n) is 9.93. The number of ether oxygens (including phenoxy) is 1. The Morgan fingerprint density at radius 2 is 2.16 bits per heavy atom. The molecule has 0 unspecified atom stereocenters. The van der Waals surface area contributed by atoms with Gasteiger partial charge < -0.3 is 9.84 Å². The van der Waals surface area contributed by atoms with E-state index in [9.17, 15) is 4.79 Å². The minimum Gasteiger partial charge on any atom is -0.476 e. The largest absolute Gasteiger partial charge is 0.476 e. The minimum atomic E-state index is -1.17. The zero-order valence-corrected chi connectivity index (χ0v) is 11.4. The van der Waals surface area contributed by atoms with E-state index in [1.165, 1.54) is 10.9 Å². The maximum Gasteiger partial charge on any atom is 0.357 e. The van der Waals surface area contributed by atoms with Crippen LogP contribution >= 0.6 is 23.2 Å². The molecule has 0 radical (unpaired) electrons. The molecule has 19 heavy (non-hydrogen) atoms. The number of carboxylic acids is 1. The van der Waals surface area contributed by atoms with Gasteiger partial charge in [-0.25, -0.2) is 9.48 Å². The maximum absolute atomic E-state index is 10.8. The van der Waals surface area contributed by atoms with E-state index in [0.717, 1.165) is 5.56 Å². The summed E-state index contributed by atoms with van der Waals surface area (Å²) >= 11 is 11.6. The van der Waals surface area contributed by atoms with E-state index in [0.29, 0.717) is 10.8 Å². The number of nitrogens with zero attached hydrogens (tertiary/aromatic N) is 2. The van der Waals surface area contributed by atoms with Crippen molar-refractivity contribution in [2.24, 2.45) is 0 Å². The van der Waals surface area contributed by atoms with Crippen LogP contribution in [-0.4, -0.2) is 20.9 Å². The molecule has 0 saturated heterocycles. The molecule has 0 aliphatic rings. The Bertz CT molecular complexity index is 625. The van der Waals surface area contributed by atoms with Crippen molar-refractivity contribution in [1.29, 1.82) is 0 Å². The van der Waals surface area contributed by atoms with Crippen LogP contribution in [0.25, 0.3) is 0 Å². The van der Waals surface area contributed by atoms with Gasteiger partial charge in [-0.3, -0.25) is 0 Å². The van der Waals surface area contributed by atoms with Gasteiger partial charge in [-0.1, -0.05) is 23.2 Å². The first-order valence-electron chi connectivity index (χ1n) is 5.32. The number of aromatic nitrogens is 2. The number of hydrogen-bond donors (Lipinski definition) is 1. The molecule has 0 amide bonds. The SMILES string of the molecule is Cc1cc(OCn2cc(Cl)c(C(=O)O)n2)ccc1Cl. The molecule has 0 bridgehead atoms. The highest BCUT2D eigenvalue weighted by atomic mass is 35.5. The van der Waals surface area contributed by atoms with E-state index in [1.54, 1.807) is 18.2 Å². The first-order chi connectivity index (χ1) is 8.97. The van der Waals surface area contributed by atoms with Crippen LogP contribution in [0.5, 0.6) is 5.75 Å². The van der Waals surface area contributed by atoms with Crippen molar-refractivity contribution in [2.45, 2.75) is 13.7 Å². The van der Waals surface area contributed by atoms with Gasteiger partial charge in [0.1, 0.15) is 5.75 Å². The molecule has 1 N–H and O–H groups in total. The van der Waals surface area contributed by atoms with Gasteiger partial charge in [0.15, 0.2) is 12.4 Å². The smallest absolute Gasteiger partial charge is 0.357 e. The molecule has 0 aliphatic heterocycles. The van der Waals surface area contributed by atoms with Gasteiger partial charge in [0, 0.05) is 11.2 Å². The average Bonchev–Trinajstić information content (AvgIpc) is 2.72. The Hall–Kier alpha value is -1.72. The second kappa shape index (κ2) is 5.50. The van der Waals surface area contributed by atoms with Gasteiger partial charge in [-0.2, -0.15) is 5.10 Å². The molecule has 5 nitrogen and oxygen atoms in total. The predicted molar refractivity (Wildman–Crippen MR) is 71.0 cm³/mol. The van der Waals surface area contributed by atoms with E-state index in [-0.39, 0.29) is 17.4 Å². The third kappa shape index (κ3) is 3.19. The minimum absolute atomic E-state index is 0.0636. The van der Waals surface area contributed by atoms with Crippen molar-refractivity contribution >= 4 is 29.2 Å². The molecule has 100 valence electrons. The van der Waals surface area contributed by atoms with Crippen molar-refractivity contribution in [3.8, 4) is 5.75 Å². The highest BCUT2D eigenvalue weighted by molar-refractivity contribution is 6.33. The molecule has 0 saturated carbocycles. The second-order valence-electron chi connectivity index (χ2n) is 3.85. The molecule has 7 heteroatoms. The van der Waals surface area contributed by atoms with Crippen LogP contribution < -0.4 is 4.74 Å². The van der Waals surface area contributed by atoms with Crippen molar-refractivity contribution in [2.75, 3.05) is 0 Å². The van der Waals surface area contributed by atoms with Crippen molar-refractivity contribution < 1.29 is 14.6 Å². The summed E-state index contributed by atoms with van der Waals surface area (Å²) in [5.74, 6) is -0.559. The summed E-state index contributed by atoms with van der Waals surface area (Å²) in [6.07, 6.45) is 1.40. The molecule has 0 aliphatic carbocycles. The van der Waals surface area contributed by atoms with Gasteiger partial charge in [-0.15, -0.1) is 0 Å². The molecule has 0 spiro atoms. The molecule has 1 heterocycles. The summed E-state index contributed by atoms with van der Waals surface area (Å²) in [4.78, 5) is 10.8. The molecule has 1 aromatic heterocycles. The first kappa shape index (κ1) is 13.7. The summed E-state index contributed by atoms with van der Waals surface area (Å²) in [6, 6.07) is 5.23. The summed E-state index contributed by atoms with van der Waals surface area (Å²) in [6.45, 7) is 1.93. The monoisotopic (exact) mass is 300 g/mol. The fourth-order valence-corrected chi connectivity index (χ4v) is 1.80. The predicted octanol–water partition coefficient (Wildman–Crippen LogP) is 3.23. The number of carbonyl (C=O) groups is 1. The molecule has 0 fully saturated rings. The third-order valence-corrected chi connectivity index (χ3v) is 3.11. The van der Waals surface area contributed by atoms with E-state index < -0.39 is 5.97 Å². The van der Waals surface area contributed by atoms with E-state index in [2.05, 4.69) is 5.10 Å². The third-order valence-electron chi connectivity index (χ3n) is 2.41. The van der Waals surface area contributed by atoms with Crippen molar-refractivity contribution in [1.82, 2.24) is 9.78 Å². The molecular weight excluding hydrogens is 291 g/mol. The molecule has 2 aromatic rings. The van der Waals surface area contributed by atoms with Gasteiger partial charge in [0.25, 0.3) is 0 Å². The van der Waals surface area contributed by atoms with Crippen LogP contribution in [0.3, 0.4) is 0 Å².